The van der Waals surface area contributed by atoms with Crippen LogP contribution in [0.25, 0.3) is 0 Å². The van der Waals surface area contributed by atoms with Crippen molar-refractivity contribution < 1.29 is 5.11 Å². The van der Waals surface area contributed by atoms with E-state index in [-0.39, 0.29) is 6.10 Å². The van der Waals surface area contributed by atoms with Gasteiger partial charge >= 0.3 is 0 Å². The Labute approximate surface area is 126 Å². The van der Waals surface area contributed by atoms with Crippen molar-refractivity contribution >= 4 is 0 Å². The monoisotopic (exact) mass is 283 g/mol. The molecule has 0 aromatic heterocycles. The normalized spacial score (nSPS) is 22.1. The number of piperidine rings is 1. The lowest BCUT2D eigenvalue weighted by atomic mass is 9.97. The smallest absolute Gasteiger partial charge is 0.0527 e. The SMILES string of the molecule is CCCCCCCCCCN1CCCCC1CC(C)O. The van der Waals surface area contributed by atoms with E-state index in [9.17, 15) is 5.11 Å². The summed E-state index contributed by atoms with van der Waals surface area (Å²) >= 11 is 0. The quantitative estimate of drug-likeness (QED) is 0.553. The minimum absolute atomic E-state index is 0.140. The molecule has 0 aromatic rings. The first-order valence-corrected chi connectivity index (χ1v) is 9.16. The van der Waals surface area contributed by atoms with Crippen LogP contribution in [0.4, 0.5) is 0 Å². The first-order valence-electron chi connectivity index (χ1n) is 9.16. The van der Waals surface area contributed by atoms with Gasteiger partial charge in [-0.2, -0.15) is 0 Å². The van der Waals surface area contributed by atoms with E-state index >= 15 is 0 Å². The standard InChI is InChI=1S/C18H37NO/c1-3-4-5-6-7-8-9-11-14-19-15-12-10-13-18(19)16-17(2)20/h17-18,20H,3-16H2,1-2H3. The molecule has 0 saturated carbocycles. The zero-order valence-electron chi connectivity index (χ0n) is 13.9. The number of aliphatic hydroxyl groups excluding tert-OH is 1. The molecule has 0 amide bonds. The molecular weight excluding hydrogens is 246 g/mol. The van der Waals surface area contributed by atoms with Gasteiger partial charge in [0.05, 0.1) is 6.10 Å². The number of nitrogens with zero attached hydrogens (tertiary/aromatic N) is 1. The van der Waals surface area contributed by atoms with Gasteiger partial charge in [0.1, 0.15) is 0 Å². The summed E-state index contributed by atoms with van der Waals surface area (Å²) in [6.07, 6.45) is 16.0. The third-order valence-electron chi connectivity index (χ3n) is 4.66. The molecule has 1 rings (SSSR count). The summed E-state index contributed by atoms with van der Waals surface area (Å²) < 4.78 is 0. The number of likely N-dealkylation sites (tertiary alicyclic amines) is 1. The number of hydrogen-bond acceptors (Lipinski definition) is 2. The second kappa shape index (κ2) is 11.6. The van der Waals surface area contributed by atoms with E-state index in [4.69, 9.17) is 0 Å². The van der Waals surface area contributed by atoms with E-state index in [1.807, 2.05) is 6.92 Å². The van der Waals surface area contributed by atoms with Crippen LogP contribution < -0.4 is 0 Å². The summed E-state index contributed by atoms with van der Waals surface area (Å²) in [7, 11) is 0. The molecule has 0 aliphatic carbocycles. The molecule has 1 aliphatic heterocycles. The summed E-state index contributed by atoms with van der Waals surface area (Å²) in [6, 6.07) is 0.647. The summed E-state index contributed by atoms with van der Waals surface area (Å²) in [4.78, 5) is 2.65. The molecule has 1 fully saturated rings. The Morgan fingerprint density at radius 2 is 1.65 bits per heavy atom. The third kappa shape index (κ3) is 8.26. The molecule has 2 atom stereocenters. The molecule has 20 heavy (non-hydrogen) atoms. The van der Waals surface area contributed by atoms with Gasteiger partial charge in [0.15, 0.2) is 0 Å². The number of unbranched alkanes of at least 4 members (excludes halogenated alkanes) is 7. The van der Waals surface area contributed by atoms with Gasteiger partial charge in [-0.05, 0) is 45.7 Å². The number of hydrogen-bond donors (Lipinski definition) is 1. The Hall–Kier alpha value is -0.0800. The van der Waals surface area contributed by atoms with Gasteiger partial charge in [0, 0.05) is 6.04 Å². The molecule has 0 radical (unpaired) electrons. The highest BCUT2D eigenvalue weighted by atomic mass is 16.3. The second-order valence-electron chi connectivity index (χ2n) is 6.75. The van der Waals surface area contributed by atoms with E-state index in [0.717, 1.165) is 6.42 Å². The fourth-order valence-corrected chi connectivity index (χ4v) is 3.46. The van der Waals surface area contributed by atoms with Crippen molar-refractivity contribution in [2.75, 3.05) is 13.1 Å². The fraction of sp³-hybridized carbons (Fsp3) is 1.00. The maximum atomic E-state index is 9.61. The zero-order chi connectivity index (χ0) is 14.6. The number of rotatable bonds is 11. The van der Waals surface area contributed by atoms with Crippen LogP contribution in [-0.2, 0) is 0 Å². The molecule has 0 bridgehead atoms. The minimum atomic E-state index is -0.140. The molecule has 1 N–H and O–H groups in total. The maximum Gasteiger partial charge on any atom is 0.0527 e. The lowest BCUT2D eigenvalue weighted by Crippen LogP contribution is -2.41. The predicted molar refractivity (Wildman–Crippen MR) is 88.1 cm³/mol. The van der Waals surface area contributed by atoms with E-state index in [1.165, 1.54) is 83.7 Å². The Bertz CT molecular complexity index is 217. The van der Waals surface area contributed by atoms with Gasteiger partial charge in [-0.15, -0.1) is 0 Å². The van der Waals surface area contributed by atoms with Gasteiger partial charge in [-0.1, -0.05) is 58.3 Å². The highest BCUT2D eigenvalue weighted by molar-refractivity contribution is 4.78. The van der Waals surface area contributed by atoms with Crippen molar-refractivity contribution in [1.82, 2.24) is 4.90 Å². The molecule has 120 valence electrons. The lowest BCUT2D eigenvalue weighted by Gasteiger charge is -2.36. The van der Waals surface area contributed by atoms with Crippen molar-refractivity contribution in [3.05, 3.63) is 0 Å². The summed E-state index contributed by atoms with van der Waals surface area (Å²) in [5, 5.41) is 9.61. The third-order valence-corrected chi connectivity index (χ3v) is 4.66. The average molecular weight is 283 g/mol. The fourth-order valence-electron chi connectivity index (χ4n) is 3.46. The molecule has 1 saturated heterocycles. The zero-order valence-corrected chi connectivity index (χ0v) is 13.9. The highest BCUT2D eigenvalue weighted by Crippen LogP contribution is 2.21. The topological polar surface area (TPSA) is 23.5 Å². The number of aliphatic hydroxyl groups is 1. The van der Waals surface area contributed by atoms with Crippen LogP contribution in [-0.4, -0.2) is 35.2 Å². The van der Waals surface area contributed by atoms with Gasteiger partial charge < -0.3 is 10.0 Å². The van der Waals surface area contributed by atoms with E-state index in [1.54, 1.807) is 0 Å². The molecular formula is C18H37NO. The van der Waals surface area contributed by atoms with E-state index < -0.39 is 0 Å². The Kier molecular flexibility index (Phi) is 10.4. The minimum Gasteiger partial charge on any atom is -0.393 e. The van der Waals surface area contributed by atoms with Crippen LogP contribution in [0.1, 0.15) is 90.9 Å². The van der Waals surface area contributed by atoms with E-state index in [0.29, 0.717) is 6.04 Å². The van der Waals surface area contributed by atoms with E-state index in [2.05, 4.69) is 11.8 Å². The molecule has 1 heterocycles. The van der Waals surface area contributed by atoms with Gasteiger partial charge in [0.25, 0.3) is 0 Å². The largest absolute Gasteiger partial charge is 0.393 e. The molecule has 2 unspecified atom stereocenters. The lowest BCUT2D eigenvalue weighted by molar-refractivity contribution is 0.0855. The molecule has 0 spiro atoms. The first-order chi connectivity index (χ1) is 9.74. The summed E-state index contributed by atoms with van der Waals surface area (Å²) in [6.45, 7) is 6.73. The molecule has 2 heteroatoms. The first kappa shape index (κ1) is 18.0. The van der Waals surface area contributed by atoms with Crippen molar-refractivity contribution in [3.63, 3.8) is 0 Å². The van der Waals surface area contributed by atoms with Crippen LogP contribution >= 0.6 is 0 Å². The van der Waals surface area contributed by atoms with Crippen LogP contribution in [0.5, 0.6) is 0 Å². The molecule has 2 nitrogen and oxygen atoms in total. The molecule has 1 aliphatic rings. The summed E-state index contributed by atoms with van der Waals surface area (Å²) in [5.74, 6) is 0. The average Bonchev–Trinajstić information content (AvgIpc) is 2.43. The van der Waals surface area contributed by atoms with Crippen molar-refractivity contribution in [2.45, 2.75) is 103 Å². The van der Waals surface area contributed by atoms with Gasteiger partial charge in [-0.25, -0.2) is 0 Å². The highest BCUT2D eigenvalue weighted by Gasteiger charge is 2.22. The van der Waals surface area contributed by atoms with Crippen molar-refractivity contribution in [1.29, 1.82) is 0 Å². The second-order valence-corrected chi connectivity index (χ2v) is 6.75. The predicted octanol–water partition coefficient (Wildman–Crippen LogP) is 4.75. The van der Waals surface area contributed by atoms with Crippen LogP contribution in [0.2, 0.25) is 0 Å². The Morgan fingerprint density at radius 3 is 2.30 bits per heavy atom. The summed E-state index contributed by atoms with van der Waals surface area (Å²) in [5.41, 5.74) is 0. The van der Waals surface area contributed by atoms with Crippen LogP contribution in [0.3, 0.4) is 0 Å². The van der Waals surface area contributed by atoms with Crippen LogP contribution in [0.15, 0.2) is 0 Å². The molecule has 0 aromatic carbocycles. The van der Waals surface area contributed by atoms with Crippen LogP contribution in [0, 0.1) is 0 Å². The Balaban J connectivity index is 2.03. The van der Waals surface area contributed by atoms with Gasteiger partial charge in [-0.3, -0.25) is 0 Å². The maximum absolute atomic E-state index is 9.61. The van der Waals surface area contributed by atoms with Crippen molar-refractivity contribution in [3.8, 4) is 0 Å². The van der Waals surface area contributed by atoms with Gasteiger partial charge in [0.2, 0.25) is 0 Å². The Morgan fingerprint density at radius 1 is 1.00 bits per heavy atom. The van der Waals surface area contributed by atoms with Crippen molar-refractivity contribution in [2.24, 2.45) is 0 Å².